The van der Waals surface area contributed by atoms with E-state index in [4.69, 9.17) is 10.5 Å². The Hall–Kier alpha value is -3.90. The number of nitrogens with zero attached hydrogens (tertiary/aromatic N) is 1. The van der Waals surface area contributed by atoms with Crippen molar-refractivity contribution in [1.82, 2.24) is 10.3 Å². The molecule has 0 atom stereocenters. The van der Waals surface area contributed by atoms with Crippen LogP contribution in [0, 0.1) is 0 Å². The molecule has 4 rings (SSSR count). The van der Waals surface area contributed by atoms with E-state index in [9.17, 15) is 9.90 Å². The van der Waals surface area contributed by atoms with Crippen LogP contribution in [-0.4, -0.2) is 35.7 Å². The summed E-state index contributed by atoms with van der Waals surface area (Å²) in [4.78, 5) is 16.9. The first-order valence-electron chi connectivity index (χ1n) is 11.0. The number of hydrogen-bond donors (Lipinski definition) is 3. The van der Waals surface area contributed by atoms with E-state index in [0.29, 0.717) is 36.5 Å². The van der Waals surface area contributed by atoms with Crippen molar-refractivity contribution in [3.8, 4) is 22.6 Å². The first-order chi connectivity index (χ1) is 16.2. The number of nitrogens with two attached hydrogens (primary N) is 1. The molecule has 6 nitrogen and oxygen atoms in total. The van der Waals surface area contributed by atoms with Gasteiger partial charge in [0, 0.05) is 35.8 Å². The summed E-state index contributed by atoms with van der Waals surface area (Å²) in [5.41, 5.74) is 9.48. The zero-order valence-corrected chi connectivity index (χ0v) is 18.3. The number of aromatic hydroxyl groups is 1. The minimum atomic E-state index is -0.155. The zero-order valence-electron chi connectivity index (χ0n) is 18.3. The van der Waals surface area contributed by atoms with Crippen LogP contribution in [0.1, 0.15) is 22.3 Å². The van der Waals surface area contributed by atoms with Gasteiger partial charge in [-0.2, -0.15) is 0 Å². The maximum atomic E-state index is 12.7. The van der Waals surface area contributed by atoms with E-state index in [1.807, 2.05) is 42.5 Å². The second kappa shape index (κ2) is 10.6. The number of hydrogen-bond acceptors (Lipinski definition) is 5. The van der Waals surface area contributed by atoms with Gasteiger partial charge in [-0.3, -0.25) is 9.78 Å². The Bertz CT molecular complexity index is 1240. The number of benzene rings is 3. The lowest BCUT2D eigenvalue weighted by atomic mass is 10.00. The number of fused-ring (bicyclic) bond motifs is 1. The van der Waals surface area contributed by atoms with Gasteiger partial charge in [-0.1, -0.05) is 36.4 Å². The van der Waals surface area contributed by atoms with Crippen molar-refractivity contribution >= 4 is 16.8 Å². The molecule has 6 heteroatoms. The van der Waals surface area contributed by atoms with Gasteiger partial charge < -0.3 is 20.9 Å². The minimum absolute atomic E-state index is 0.0908. The quantitative estimate of drug-likeness (QED) is 0.336. The van der Waals surface area contributed by atoms with Crippen molar-refractivity contribution in [1.29, 1.82) is 0 Å². The number of rotatable bonds is 9. The summed E-state index contributed by atoms with van der Waals surface area (Å²) in [6.45, 7) is 1.25. The summed E-state index contributed by atoms with van der Waals surface area (Å²) < 4.78 is 5.86. The van der Waals surface area contributed by atoms with E-state index in [1.54, 1.807) is 24.4 Å². The SMILES string of the molecule is NCCOc1cc(C(=O)NCCCc2ccccc2)ccc1-c1cc(O)c2ncccc2c1. The van der Waals surface area contributed by atoms with Gasteiger partial charge in [0.15, 0.2) is 0 Å². The van der Waals surface area contributed by atoms with Crippen LogP contribution in [0.3, 0.4) is 0 Å². The highest BCUT2D eigenvalue weighted by atomic mass is 16.5. The molecule has 0 saturated heterocycles. The fourth-order valence-corrected chi connectivity index (χ4v) is 3.76. The third-order valence-electron chi connectivity index (χ3n) is 5.39. The Morgan fingerprint density at radius 2 is 1.88 bits per heavy atom. The standard InChI is InChI=1S/C27H27N3O3/c28-12-15-33-25-18-21(27(32)30-14-4-8-19-6-2-1-3-7-19)10-11-23(25)22-16-20-9-5-13-29-26(20)24(31)17-22/h1-3,5-7,9-11,13,16-18,31H,4,8,12,14-15,28H2,(H,30,32). The largest absolute Gasteiger partial charge is 0.506 e. The number of nitrogens with one attached hydrogen (secondary N) is 1. The van der Waals surface area contributed by atoms with E-state index in [2.05, 4.69) is 22.4 Å². The number of phenolic OH excluding ortho intramolecular Hbond substituents is 1. The van der Waals surface area contributed by atoms with E-state index in [-0.39, 0.29) is 11.7 Å². The number of carbonyl (C=O) groups is 1. The van der Waals surface area contributed by atoms with Crippen molar-refractivity contribution < 1.29 is 14.6 Å². The van der Waals surface area contributed by atoms with Crippen molar-refractivity contribution in [3.05, 3.63) is 90.1 Å². The van der Waals surface area contributed by atoms with Crippen molar-refractivity contribution in [2.75, 3.05) is 19.7 Å². The second-order valence-corrected chi connectivity index (χ2v) is 7.76. The predicted molar refractivity (Wildman–Crippen MR) is 130 cm³/mol. The summed E-state index contributed by atoms with van der Waals surface area (Å²) in [7, 11) is 0. The van der Waals surface area contributed by atoms with Crippen LogP contribution in [0.25, 0.3) is 22.0 Å². The normalized spacial score (nSPS) is 10.8. The van der Waals surface area contributed by atoms with Gasteiger partial charge in [-0.05, 0) is 60.4 Å². The van der Waals surface area contributed by atoms with Crippen LogP contribution in [-0.2, 0) is 6.42 Å². The Kier molecular flexibility index (Phi) is 7.17. The lowest BCUT2D eigenvalue weighted by Gasteiger charge is -2.14. The van der Waals surface area contributed by atoms with E-state index in [0.717, 1.165) is 29.4 Å². The van der Waals surface area contributed by atoms with E-state index < -0.39 is 0 Å². The van der Waals surface area contributed by atoms with Gasteiger partial charge in [0.05, 0.1) is 0 Å². The van der Waals surface area contributed by atoms with Gasteiger partial charge in [0.2, 0.25) is 0 Å². The predicted octanol–water partition coefficient (Wildman–Crippen LogP) is 4.31. The molecule has 1 aromatic heterocycles. The number of amides is 1. The lowest BCUT2D eigenvalue weighted by Crippen LogP contribution is -2.24. The van der Waals surface area contributed by atoms with E-state index in [1.165, 1.54) is 5.56 Å². The second-order valence-electron chi connectivity index (χ2n) is 7.76. The maximum Gasteiger partial charge on any atom is 0.251 e. The molecular formula is C27H27N3O3. The van der Waals surface area contributed by atoms with Crippen molar-refractivity contribution in [3.63, 3.8) is 0 Å². The number of ether oxygens (including phenoxy) is 1. The number of pyridine rings is 1. The third kappa shape index (κ3) is 5.48. The van der Waals surface area contributed by atoms with Gasteiger partial charge in [-0.15, -0.1) is 0 Å². The minimum Gasteiger partial charge on any atom is -0.506 e. The molecule has 0 saturated carbocycles. The number of aryl methyl sites for hydroxylation is 1. The highest BCUT2D eigenvalue weighted by molar-refractivity contribution is 5.96. The number of phenols is 1. The fourth-order valence-electron chi connectivity index (χ4n) is 3.76. The van der Waals surface area contributed by atoms with Gasteiger partial charge in [0.25, 0.3) is 5.91 Å². The maximum absolute atomic E-state index is 12.7. The van der Waals surface area contributed by atoms with Gasteiger partial charge >= 0.3 is 0 Å². The van der Waals surface area contributed by atoms with Gasteiger partial charge in [-0.25, -0.2) is 0 Å². The zero-order chi connectivity index (χ0) is 23.0. The fraction of sp³-hybridized carbons (Fsp3) is 0.185. The molecule has 0 radical (unpaired) electrons. The molecule has 168 valence electrons. The summed E-state index contributed by atoms with van der Waals surface area (Å²) in [5, 5.41) is 14.2. The molecule has 0 aliphatic rings. The first-order valence-corrected chi connectivity index (χ1v) is 11.0. The monoisotopic (exact) mass is 441 g/mol. The molecule has 0 fully saturated rings. The summed E-state index contributed by atoms with van der Waals surface area (Å²) in [6.07, 6.45) is 3.41. The molecular weight excluding hydrogens is 414 g/mol. The topological polar surface area (TPSA) is 97.5 Å². The Labute approximate surface area is 193 Å². The molecule has 0 aliphatic carbocycles. The highest BCUT2D eigenvalue weighted by Gasteiger charge is 2.14. The number of carbonyl (C=O) groups excluding carboxylic acids is 1. The Balaban J connectivity index is 1.52. The smallest absolute Gasteiger partial charge is 0.251 e. The molecule has 1 heterocycles. The third-order valence-corrected chi connectivity index (χ3v) is 5.39. The summed E-state index contributed by atoms with van der Waals surface area (Å²) in [6, 6.07) is 22.8. The summed E-state index contributed by atoms with van der Waals surface area (Å²) in [5.74, 6) is 0.478. The molecule has 0 unspecified atom stereocenters. The molecule has 0 aliphatic heterocycles. The molecule has 0 spiro atoms. The average molecular weight is 442 g/mol. The van der Waals surface area contributed by atoms with Crippen LogP contribution in [0.2, 0.25) is 0 Å². The Morgan fingerprint density at radius 1 is 1.03 bits per heavy atom. The van der Waals surface area contributed by atoms with Crippen molar-refractivity contribution in [2.24, 2.45) is 5.73 Å². The lowest BCUT2D eigenvalue weighted by molar-refractivity contribution is 0.0953. The average Bonchev–Trinajstić information content (AvgIpc) is 2.85. The van der Waals surface area contributed by atoms with Crippen LogP contribution >= 0.6 is 0 Å². The molecule has 4 N–H and O–H groups in total. The molecule has 3 aromatic carbocycles. The number of aromatic nitrogens is 1. The van der Waals surface area contributed by atoms with E-state index >= 15 is 0 Å². The molecule has 0 bridgehead atoms. The first kappa shape index (κ1) is 22.3. The highest BCUT2D eigenvalue weighted by Crippen LogP contribution is 2.36. The molecule has 33 heavy (non-hydrogen) atoms. The Morgan fingerprint density at radius 3 is 2.70 bits per heavy atom. The van der Waals surface area contributed by atoms with Crippen LogP contribution in [0.5, 0.6) is 11.5 Å². The molecule has 1 amide bonds. The van der Waals surface area contributed by atoms with Crippen LogP contribution in [0.4, 0.5) is 0 Å². The van der Waals surface area contributed by atoms with Crippen LogP contribution < -0.4 is 15.8 Å². The van der Waals surface area contributed by atoms with Gasteiger partial charge in [0.1, 0.15) is 23.6 Å². The van der Waals surface area contributed by atoms with Crippen LogP contribution in [0.15, 0.2) is 79.0 Å². The molecule has 4 aromatic rings. The van der Waals surface area contributed by atoms with Crippen molar-refractivity contribution in [2.45, 2.75) is 12.8 Å². The summed E-state index contributed by atoms with van der Waals surface area (Å²) >= 11 is 0.